The summed E-state index contributed by atoms with van der Waals surface area (Å²) in [7, 11) is -2.83. The van der Waals surface area contributed by atoms with Crippen molar-refractivity contribution in [2.75, 3.05) is 27.1 Å². The molecular weight excluding hydrogens is 516 g/mol. The van der Waals surface area contributed by atoms with Crippen molar-refractivity contribution in [1.29, 1.82) is 0 Å². The molecule has 38 heavy (non-hydrogen) atoms. The van der Waals surface area contributed by atoms with Crippen molar-refractivity contribution in [3.63, 3.8) is 0 Å². The number of aliphatic hydroxyl groups excluding tert-OH is 1. The minimum Gasteiger partial charge on any atom is -0.493 e. The molecule has 1 amide bonds. The molecule has 0 radical (unpaired) electrons. The number of sulfonamides is 1. The molecule has 2 aromatic carbocycles. The monoisotopic (exact) mass is 552 g/mol. The van der Waals surface area contributed by atoms with Gasteiger partial charge in [-0.05, 0) is 38.0 Å². The van der Waals surface area contributed by atoms with Crippen LogP contribution < -0.4 is 14.8 Å². The van der Waals surface area contributed by atoms with Crippen LogP contribution >= 0.6 is 0 Å². The van der Waals surface area contributed by atoms with Crippen LogP contribution in [0.1, 0.15) is 32.8 Å². The summed E-state index contributed by atoms with van der Waals surface area (Å²) < 4.78 is 56.0. The van der Waals surface area contributed by atoms with Gasteiger partial charge in [-0.15, -0.1) is 0 Å². The summed E-state index contributed by atoms with van der Waals surface area (Å²) in [4.78, 5) is 12.6. The third-order valence-electron chi connectivity index (χ3n) is 5.91. The fourth-order valence-corrected chi connectivity index (χ4v) is 5.33. The van der Waals surface area contributed by atoms with E-state index in [4.69, 9.17) is 23.7 Å². The van der Waals surface area contributed by atoms with E-state index in [1.165, 1.54) is 32.2 Å². The Morgan fingerprint density at radius 3 is 2.42 bits per heavy atom. The summed E-state index contributed by atoms with van der Waals surface area (Å²) in [5.74, 6) is 0.644. The molecule has 1 fully saturated rings. The molecular formula is C26H36N2O9S. The second-order valence-corrected chi connectivity index (χ2v) is 10.8. The van der Waals surface area contributed by atoms with Gasteiger partial charge in [-0.1, -0.05) is 37.3 Å². The Balaban J connectivity index is 1.97. The molecule has 0 bridgehead atoms. The van der Waals surface area contributed by atoms with Gasteiger partial charge in [-0.25, -0.2) is 13.2 Å². The number of amides is 1. The first kappa shape index (κ1) is 29.7. The molecule has 3 atom stereocenters. The first-order valence-corrected chi connectivity index (χ1v) is 13.8. The number of benzene rings is 2. The van der Waals surface area contributed by atoms with Crippen LogP contribution in [0.2, 0.25) is 0 Å². The molecule has 0 saturated carbocycles. The van der Waals surface area contributed by atoms with Crippen molar-refractivity contribution in [3.8, 4) is 11.5 Å². The van der Waals surface area contributed by atoms with Crippen LogP contribution in [0.4, 0.5) is 4.79 Å². The van der Waals surface area contributed by atoms with Gasteiger partial charge in [0, 0.05) is 12.6 Å². The van der Waals surface area contributed by atoms with Crippen molar-refractivity contribution in [2.24, 2.45) is 0 Å². The van der Waals surface area contributed by atoms with E-state index >= 15 is 0 Å². The minimum absolute atomic E-state index is 0.0950. The van der Waals surface area contributed by atoms with Crippen LogP contribution in [0.25, 0.3) is 0 Å². The van der Waals surface area contributed by atoms with Gasteiger partial charge in [0.15, 0.2) is 17.6 Å². The summed E-state index contributed by atoms with van der Waals surface area (Å²) in [5.41, 5.74) is 0.649. The highest BCUT2D eigenvalue weighted by atomic mass is 32.2. The number of hydrogen-bond acceptors (Lipinski definition) is 9. The summed E-state index contributed by atoms with van der Waals surface area (Å²) in [5, 5.41) is 13.1. The number of rotatable bonds is 12. The van der Waals surface area contributed by atoms with Crippen molar-refractivity contribution in [3.05, 3.63) is 54.1 Å². The molecule has 1 saturated heterocycles. The van der Waals surface area contributed by atoms with E-state index < -0.39 is 34.5 Å². The van der Waals surface area contributed by atoms with E-state index in [0.717, 1.165) is 4.31 Å². The molecule has 12 heteroatoms. The van der Waals surface area contributed by atoms with Gasteiger partial charge in [-0.3, -0.25) is 0 Å². The standard InChI is InChI=1S/C26H36N2O9S/c1-5-18(2)36-24-13-22(11-12-23(24)33-4)38(31,32)28(14-20-9-7-6-8-10-20)25(19(3)29)27-26(30)37-21-15-34-17-35-16-21/h6-13,18-19,21,25,29H,5,14-17H2,1-4H3,(H,27,30)/t18?,19-,25+/m1/s1. The highest BCUT2D eigenvalue weighted by molar-refractivity contribution is 7.89. The fraction of sp³-hybridized carbons (Fsp3) is 0.500. The number of aliphatic hydroxyl groups is 1. The Labute approximate surface area is 223 Å². The molecule has 210 valence electrons. The molecule has 0 spiro atoms. The largest absolute Gasteiger partial charge is 0.493 e. The predicted octanol–water partition coefficient (Wildman–Crippen LogP) is 2.87. The van der Waals surface area contributed by atoms with Crippen molar-refractivity contribution in [1.82, 2.24) is 9.62 Å². The quantitative estimate of drug-likeness (QED) is 0.381. The number of carbonyl (C=O) groups is 1. The number of nitrogens with one attached hydrogen (secondary N) is 1. The number of methoxy groups -OCH3 is 1. The lowest BCUT2D eigenvalue weighted by Gasteiger charge is -2.34. The Hall–Kier alpha value is -2.90. The lowest BCUT2D eigenvalue weighted by molar-refractivity contribution is -0.152. The fourth-order valence-electron chi connectivity index (χ4n) is 3.71. The molecule has 1 aliphatic rings. The predicted molar refractivity (Wildman–Crippen MR) is 138 cm³/mol. The molecule has 1 aliphatic heterocycles. The lowest BCUT2D eigenvalue weighted by atomic mass is 10.2. The maximum absolute atomic E-state index is 14.0. The van der Waals surface area contributed by atoms with Gasteiger partial charge in [0.1, 0.15) is 13.0 Å². The summed E-state index contributed by atoms with van der Waals surface area (Å²) >= 11 is 0. The molecule has 2 N–H and O–H groups in total. The normalized spacial score (nSPS) is 16.9. The van der Waals surface area contributed by atoms with Gasteiger partial charge in [0.2, 0.25) is 10.0 Å². The number of alkyl carbamates (subject to hydrolysis) is 1. The first-order chi connectivity index (χ1) is 18.1. The average molecular weight is 553 g/mol. The van der Waals surface area contributed by atoms with Crippen molar-refractivity contribution >= 4 is 16.1 Å². The summed E-state index contributed by atoms with van der Waals surface area (Å²) in [6, 6.07) is 13.1. The van der Waals surface area contributed by atoms with Crippen LogP contribution in [0.5, 0.6) is 11.5 Å². The van der Waals surface area contributed by atoms with Gasteiger partial charge >= 0.3 is 6.09 Å². The molecule has 1 unspecified atom stereocenters. The third kappa shape index (κ3) is 7.81. The van der Waals surface area contributed by atoms with Crippen LogP contribution in [0, 0.1) is 0 Å². The van der Waals surface area contributed by atoms with E-state index in [1.54, 1.807) is 30.3 Å². The van der Waals surface area contributed by atoms with Gasteiger partial charge in [-0.2, -0.15) is 4.31 Å². The third-order valence-corrected chi connectivity index (χ3v) is 7.73. The van der Waals surface area contributed by atoms with Crippen LogP contribution in [-0.2, 0) is 30.8 Å². The smallest absolute Gasteiger partial charge is 0.408 e. The van der Waals surface area contributed by atoms with Crippen LogP contribution in [0.3, 0.4) is 0 Å². The summed E-state index contributed by atoms with van der Waals surface area (Å²) in [6.45, 7) is 5.45. The zero-order valence-corrected chi connectivity index (χ0v) is 22.8. The highest BCUT2D eigenvalue weighted by Gasteiger charge is 2.37. The minimum atomic E-state index is -4.29. The topological polar surface area (TPSA) is 133 Å². The Bertz CT molecular complexity index is 1140. The number of carbonyl (C=O) groups excluding carboxylic acids is 1. The number of ether oxygens (including phenoxy) is 5. The van der Waals surface area contributed by atoms with Crippen LogP contribution in [0.15, 0.2) is 53.4 Å². The first-order valence-electron chi connectivity index (χ1n) is 12.4. The lowest BCUT2D eigenvalue weighted by Crippen LogP contribution is -2.56. The zero-order valence-electron chi connectivity index (χ0n) is 22.0. The second kappa shape index (κ2) is 13.8. The van der Waals surface area contributed by atoms with E-state index in [0.29, 0.717) is 17.7 Å². The Morgan fingerprint density at radius 2 is 1.82 bits per heavy atom. The molecule has 3 rings (SSSR count). The summed E-state index contributed by atoms with van der Waals surface area (Å²) in [6.07, 6.45) is -3.73. The zero-order chi connectivity index (χ0) is 27.7. The molecule has 2 aromatic rings. The molecule has 0 aromatic heterocycles. The maximum Gasteiger partial charge on any atom is 0.408 e. The second-order valence-electron chi connectivity index (χ2n) is 8.90. The van der Waals surface area contributed by atoms with E-state index in [9.17, 15) is 18.3 Å². The van der Waals surface area contributed by atoms with Crippen LogP contribution in [-0.4, -0.2) is 75.5 Å². The maximum atomic E-state index is 14.0. The molecule has 11 nitrogen and oxygen atoms in total. The van der Waals surface area contributed by atoms with Crippen molar-refractivity contribution in [2.45, 2.75) is 63.1 Å². The van der Waals surface area contributed by atoms with E-state index in [1.807, 2.05) is 13.8 Å². The number of nitrogens with zero attached hydrogens (tertiary/aromatic N) is 1. The van der Waals surface area contributed by atoms with Gasteiger partial charge in [0.05, 0.1) is 37.4 Å². The van der Waals surface area contributed by atoms with Gasteiger partial charge in [0.25, 0.3) is 0 Å². The van der Waals surface area contributed by atoms with E-state index in [-0.39, 0.29) is 43.3 Å². The SMILES string of the molecule is CCC(C)Oc1cc(S(=O)(=O)N(Cc2ccccc2)[C@H](NC(=O)OC2COCOC2)[C@@H](C)O)ccc1OC. The molecule has 1 heterocycles. The Kier molecular flexibility index (Phi) is 10.7. The van der Waals surface area contributed by atoms with Gasteiger partial charge < -0.3 is 34.1 Å². The highest BCUT2D eigenvalue weighted by Crippen LogP contribution is 2.33. The average Bonchev–Trinajstić information content (AvgIpc) is 2.91. The van der Waals surface area contributed by atoms with Crippen molar-refractivity contribution < 1.29 is 42.0 Å². The Morgan fingerprint density at radius 1 is 1.13 bits per heavy atom. The molecule has 0 aliphatic carbocycles. The van der Waals surface area contributed by atoms with E-state index in [2.05, 4.69) is 5.32 Å². The number of hydrogen-bond donors (Lipinski definition) is 2.